The Labute approximate surface area is 207 Å². The van der Waals surface area contributed by atoms with Crippen LogP contribution >= 0.6 is 0 Å². The maximum atomic E-state index is 5.48. The quantitative estimate of drug-likeness (QED) is 0.371. The first-order valence-electron chi connectivity index (χ1n) is 12.3. The van der Waals surface area contributed by atoms with Crippen LogP contribution in [0.1, 0.15) is 19.4 Å². The Kier molecular flexibility index (Phi) is 6.39. The number of hydrogen-bond donors (Lipinski definition) is 0. The lowest BCUT2D eigenvalue weighted by Gasteiger charge is -2.38. The first kappa shape index (κ1) is 23.2. The van der Waals surface area contributed by atoms with Crippen molar-refractivity contribution in [1.29, 1.82) is 0 Å². The molecule has 0 aliphatic carbocycles. The molecule has 35 heavy (non-hydrogen) atoms. The summed E-state index contributed by atoms with van der Waals surface area (Å²) in [4.78, 5) is 9.93. The molecule has 1 fully saturated rings. The van der Waals surface area contributed by atoms with E-state index < -0.39 is 0 Å². The number of anilines is 1. The summed E-state index contributed by atoms with van der Waals surface area (Å²) in [5.74, 6) is 1.41. The Morgan fingerprint density at radius 2 is 1.46 bits per heavy atom. The summed E-state index contributed by atoms with van der Waals surface area (Å²) in [6.07, 6.45) is 4.24. The van der Waals surface area contributed by atoms with E-state index in [4.69, 9.17) is 14.5 Å². The van der Waals surface area contributed by atoms with E-state index in [1.807, 2.05) is 18.2 Å². The third-order valence-corrected chi connectivity index (χ3v) is 7.02. The maximum absolute atomic E-state index is 5.48. The highest BCUT2D eigenvalue weighted by Crippen LogP contribution is 2.33. The summed E-state index contributed by atoms with van der Waals surface area (Å²) in [5.41, 5.74) is 7.69. The van der Waals surface area contributed by atoms with Crippen molar-refractivity contribution in [3.05, 3.63) is 66.5 Å². The van der Waals surface area contributed by atoms with Gasteiger partial charge >= 0.3 is 0 Å². The number of benzene rings is 2. The molecule has 0 spiro atoms. The highest BCUT2D eigenvalue weighted by Gasteiger charge is 2.19. The molecule has 0 bridgehead atoms. The number of methoxy groups -OCH3 is 2. The zero-order valence-electron chi connectivity index (χ0n) is 21.3. The number of aromatic nitrogens is 2. The van der Waals surface area contributed by atoms with Crippen LogP contribution in [0.4, 0.5) is 5.69 Å². The Bertz CT molecular complexity index is 1320. The number of aryl methyl sites for hydroxylation is 1. The maximum Gasteiger partial charge on any atom is 0.161 e. The Hall–Kier alpha value is -3.51. The van der Waals surface area contributed by atoms with Gasteiger partial charge in [0, 0.05) is 55.9 Å². The van der Waals surface area contributed by atoms with Crippen molar-refractivity contribution in [1.82, 2.24) is 14.3 Å². The summed E-state index contributed by atoms with van der Waals surface area (Å²) in [7, 11) is 3.30. The van der Waals surface area contributed by atoms with Gasteiger partial charge in [-0.15, -0.1) is 0 Å². The third-order valence-electron chi connectivity index (χ3n) is 7.02. The average molecular weight is 471 g/mol. The molecule has 182 valence electrons. The fraction of sp³-hybridized carbons (Fsp3) is 0.345. The van der Waals surface area contributed by atoms with Crippen molar-refractivity contribution in [2.75, 3.05) is 45.3 Å². The molecule has 1 saturated heterocycles. The SMILES string of the molecule is COc1ccc(-c2cn3cc(-c4ccc(N5CCN(C(C)C)CC5)cc4)cc(C)c3n2)cc1OC. The molecule has 1 aliphatic heterocycles. The third kappa shape index (κ3) is 4.58. The van der Waals surface area contributed by atoms with E-state index in [9.17, 15) is 0 Å². The molecule has 2 aromatic heterocycles. The van der Waals surface area contributed by atoms with Crippen LogP contribution in [0.15, 0.2) is 60.9 Å². The van der Waals surface area contributed by atoms with Gasteiger partial charge in [0.2, 0.25) is 0 Å². The van der Waals surface area contributed by atoms with Crippen LogP contribution in [-0.4, -0.2) is 60.7 Å². The molecule has 4 aromatic rings. The van der Waals surface area contributed by atoms with E-state index in [0.717, 1.165) is 48.6 Å². The second kappa shape index (κ2) is 9.62. The topological polar surface area (TPSA) is 42.2 Å². The van der Waals surface area contributed by atoms with Gasteiger partial charge in [0.25, 0.3) is 0 Å². The highest BCUT2D eigenvalue weighted by molar-refractivity contribution is 5.72. The number of hydrogen-bond acceptors (Lipinski definition) is 5. The standard InChI is InChI=1S/C29H34N4O2/c1-20(2)31-12-14-32(15-13-31)25-9-6-22(7-10-25)24-16-21(3)29-30-26(19-33(29)18-24)23-8-11-27(34-4)28(17-23)35-5/h6-11,16-20H,12-15H2,1-5H3. The average Bonchev–Trinajstić information content (AvgIpc) is 3.33. The molecule has 6 heteroatoms. The molecule has 5 rings (SSSR count). The van der Waals surface area contributed by atoms with E-state index in [0.29, 0.717) is 17.5 Å². The van der Waals surface area contributed by atoms with Crippen LogP contribution < -0.4 is 14.4 Å². The predicted octanol–water partition coefficient (Wildman–Crippen LogP) is 5.52. The van der Waals surface area contributed by atoms with Crippen molar-refractivity contribution in [3.8, 4) is 33.9 Å². The van der Waals surface area contributed by atoms with Crippen LogP contribution in [0.2, 0.25) is 0 Å². The number of pyridine rings is 1. The van der Waals surface area contributed by atoms with Crippen LogP contribution in [0.25, 0.3) is 28.0 Å². The minimum absolute atomic E-state index is 0.619. The van der Waals surface area contributed by atoms with E-state index >= 15 is 0 Å². The van der Waals surface area contributed by atoms with Gasteiger partial charge in [0.1, 0.15) is 5.65 Å². The van der Waals surface area contributed by atoms with Gasteiger partial charge in [-0.2, -0.15) is 0 Å². The van der Waals surface area contributed by atoms with Gasteiger partial charge in [0.05, 0.1) is 19.9 Å². The van der Waals surface area contributed by atoms with Crippen molar-refractivity contribution in [2.24, 2.45) is 0 Å². The molecule has 1 aliphatic rings. The van der Waals surface area contributed by atoms with E-state index in [2.05, 4.69) is 77.7 Å². The zero-order valence-corrected chi connectivity index (χ0v) is 21.3. The van der Waals surface area contributed by atoms with E-state index in [1.54, 1.807) is 14.2 Å². The van der Waals surface area contributed by atoms with Gasteiger partial charge in [-0.3, -0.25) is 4.90 Å². The lowest BCUT2D eigenvalue weighted by molar-refractivity contribution is 0.209. The van der Waals surface area contributed by atoms with Crippen molar-refractivity contribution in [2.45, 2.75) is 26.8 Å². The normalized spacial score (nSPS) is 14.6. The number of rotatable bonds is 6. The summed E-state index contributed by atoms with van der Waals surface area (Å²) < 4.78 is 13.0. The summed E-state index contributed by atoms with van der Waals surface area (Å²) >= 11 is 0. The zero-order chi connectivity index (χ0) is 24.5. The van der Waals surface area contributed by atoms with Crippen LogP contribution in [0.3, 0.4) is 0 Å². The molecule has 0 unspecified atom stereocenters. The molecular weight excluding hydrogens is 436 g/mol. The predicted molar refractivity (Wildman–Crippen MR) is 143 cm³/mol. The van der Waals surface area contributed by atoms with Gasteiger partial charge in [0.15, 0.2) is 11.5 Å². The molecular formula is C29H34N4O2. The smallest absolute Gasteiger partial charge is 0.161 e. The molecule has 0 atom stereocenters. The van der Waals surface area contributed by atoms with E-state index in [1.165, 1.54) is 16.8 Å². The highest BCUT2D eigenvalue weighted by atomic mass is 16.5. The van der Waals surface area contributed by atoms with Crippen LogP contribution in [0.5, 0.6) is 11.5 Å². The minimum Gasteiger partial charge on any atom is -0.493 e. The first-order chi connectivity index (χ1) is 17.0. The lowest BCUT2D eigenvalue weighted by Crippen LogP contribution is -2.48. The van der Waals surface area contributed by atoms with Gasteiger partial charge in [-0.1, -0.05) is 12.1 Å². The van der Waals surface area contributed by atoms with Crippen molar-refractivity contribution in [3.63, 3.8) is 0 Å². The second-order valence-electron chi connectivity index (χ2n) is 9.50. The van der Waals surface area contributed by atoms with Crippen LogP contribution in [-0.2, 0) is 0 Å². The van der Waals surface area contributed by atoms with Gasteiger partial charge < -0.3 is 18.8 Å². The number of piperazine rings is 1. The van der Waals surface area contributed by atoms with Crippen LogP contribution in [0, 0.1) is 6.92 Å². The number of fused-ring (bicyclic) bond motifs is 1. The largest absolute Gasteiger partial charge is 0.493 e. The fourth-order valence-corrected chi connectivity index (χ4v) is 4.92. The minimum atomic E-state index is 0.619. The van der Waals surface area contributed by atoms with Gasteiger partial charge in [-0.05, 0) is 73.9 Å². The molecule has 0 radical (unpaired) electrons. The lowest BCUT2D eigenvalue weighted by atomic mass is 10.1. The van der Waals surface area contributed by atoms with Crippen molar-refractivity contribution >= 4 is 11.3 Å². The monoisotopic (exact) mass is 470 g/mol. The molecule has 0 saturated carbocycles. The molecule has 3 heterocycles. The second-order valence-corrected chi connectivity index (χ2v) is 9.50. The number of ether oxygens (including phenoxy) is 2. The Balaban J connectivity index is 1.40. The Morgan fingerprint density at radius 3 is 2.11 bits per heavy atom. The molecule has 2 aromatic carbocycles. The summed E-state index contributed by atoms with van der Waals surface area (Å²) in [5, 5.41) is 0. The fourth-order valence-electron chi connectivity index (χ4n) is 4.92. The molecule has 0 N–H and O–H groups in total. The van der Waals surface area contributed by atoms with Gasteiger partial charge in [-0.25, -0.2) is 4.98 Å². The summed E-state index contributed by atoms with van der Waals surface area (Å²) in [6.45, 7) is 11.1. The summed E-state index contributed by atoms with van der Waals surface area (Å²) in [6, 6.07) is 17.7. The number of imidazole rings is 1. The van der Waals surface area contributed by atoms with E-state index in [-0.39, 0.29) is 0 Å². The Morgan fingerprint density at radius 1 is 0.771 bits per heavy atom. The molecule has 6 nitrogen and oxygen atoms in total. The first-order valence-corrected chi connectivity index (χ1v) is 12.3. The number of nitrogens with zero attached hydrogens (tertiary/aromatic N) is 4. The molecule has 0 amide bonds. The van der Waals surface area contributed by atoms with Crippen molar-refractivity contribution < 1.29 is 9.47 Å².